The van der Waals surface area contributed by atoms with Crippen molar-refractivity contribution in [3.63, 3.8) is 0 Å². The van der Waals surface area contributed by atoms with Crippen molar-refractivity contribution in [3.05, 3.63) is 60.2 Å². The van der Waals surface area contributed by atoms with E-state index in [9.17, 15) is 15.3 Å². The number of hydrogen-bond acceptors (Lipinski definition) is 8. The van der Waals surface area contributed by atoms with E-state index in [0.717, 1.165) is 10.8 Å². The maximum absolute atomic E-state index is 10.4. The first kappa shape index (κ1) is 20.3. The van der Waals surface area contributed by atoms with Crippen LogP contribution in [0, 0.1) is 6.92 Å². The zero-order valence-corrected chi connectivity index (χ0v) is 17.6. The Balaban J connectivity index is 1.46. The average molecular weight is 439 g/mol. The van der Waals surface area contributed by atoms with E-state index in [0.29, 0.717) is 11.2 Å². The van der Waals surface area contributed by atoms with Gasteiger partial charge in [-0.1, -0.05) is 48.2 Å². The molecule has 3 heterocycles. The number of nitrogens with zero attached hydrogens (tertiary/aromatic N) is 4. The third kappa shape index (κ3) is 3.48. The molecule has 0 unspecified atom stereocenters. The van der Waals surface area contributed by atoms with E-state index in [1.807, 2.05) is 12.1 Å². The predicted molar refractivity (Wildman–Crippen MR) is 117 cm³/mol. The molecule has 0 saturated carbocycles. The van der Waals surface area contributed by atoms with Crippen LogP contribution in [0.25, 0.3) is 21.9 Å². The van der Waals surface area contributed by atoms with Crippen molar-refractivity contribution in [3.8, 4) is 0 Å². The van der Waals surface area contributed by atoms with Crippen molar-refractivity contribution in [1.82, 2.24) is 19.5 Å². The fraction of sp³-hybridized carbons (Fsp3) is 0.318. The SMILES string of the molecule is Cc1ccc2ccccc2c1CSc1ncnc2c1ncn2[C@H]1O[C@@H](CO)[C@H](O)[C@@H]1O. The molecule has 2 aromatic heterocycles. The maximum Gasteiger partial charge on any atom is 0.166 e. The Morgan fingerprint density at radius 1 is 1.06 bits per heavy atom. The average Bonchev–Trinajstić information content (AvgIpc) is 3.34. The molecular formula is C22H22N4O4S. The smallest absolute Gasteiger partial charge is 0.166 e. The van der Waals surface area contributed by atoms with Gasteiger partial charge in [0.1, 0.15) is 35.2 Å². The minimum atomic E-state index is -1.20. The number of ether oxygens (including phenoxy) is 1. The van der Waals surface area contributed by atoms with Crippen LogP contribution in [0.1, 0.15) is 17.4 Å². The van der Waals surface area contributed by atoms with Gasteiger partial charge in [-0.25, -0.2) is 15.0 Å². The molecule has 0 aliphatic carbocycles. The summed E-state index contributed by atoms with van der Waals surface area (Å²) in [6, 6.07) is 12.6. The van der Waals surface area contributed by atoms with Crippen LogP contribution < -0.4 is 0 Å². The second kappa shape index (κ2) is 8.18. The Morgan fingerprint density at radius 3 is 2.71 bits per heavy atom. The number of benzene rings is 2. The van der Waals surface area contributed by atoms with Crippen molar-refractivity contribution >= 4 is 33.7 Å². The first-order chi connectivity index (χ1) is 15.1. The van der Waals surface area contributed by atoms with Crippen LogP contribution in [0.2, 0.25) is 0 Å². The van der Waals surface area contributed by atoms with Gasteiger partial charge >= 0.3 is 0 Å². The van der Waals surface area contributed by atoms with Crippen LogP contribution in [0.4, 0.5) is 0 Å². The molecule has 2 aromatic carbocycles. The normalized spacial score (nSPS) is 23.7. The Labute approximate surface area is 182 Å². The summed E-state index contributed by atoms with van der Waals surface area (Å²) < 4.78 is 7.20. The highest BCUT2D eigenvalue weighted by molar-refractivity contribution is 7.98. The van der Waals surface area contributed by atoms with Crippen LogP contribution in [0.15, 0.2) is 54.1 Å². The molecule has 0 spiro atoms. The quantitative estimate of drug-likeness (QED) is 0.321. The molecule has 1 aliphatic rings. The Morgan fingerprint density at radius 2 is 1.90 bits per heavy atom. The molecule has 0 radical (unpaired) electrons. The van der Waals surface area contributed by atoms with Crippen LogP contribution in [-0.2, 0) is 10.5 Å². The van der Waals surface area contributed by atoms with Crippen molar-refractivity contribution < 1.29 is 20.1 Å². The minimum Gasteiger partial charge on any atom is -0.394 e. The lowest BCUT2D eigenvalue weighted by molar-refractivity contribution is -0.0511. The zero-order chi connectivity index (χ0) is 21.5. The van der Waals surface area contributed by atoms with E-state index in [1.54, 1.807) is 16.3 Å². The summed E-state index contributed by atoms with van der Waals surface area (Å²) >= 11 is 1.57. The number of hydrogen-bond donors (Lipinski definition) is 3. The van der Waals surface area contributed by atoms with Crippen LogP contribution >= 0.6 is 11.8 Å². The number of imidazole rings is 1. The molecule has 1 aliphatic heterocycles. The fourth-order valence-corrected chi connectivity index (χ4v) is 5.08. The standard InChI is InChI=1S/C22H22N4O4S/c1-12-6-7-13-4-2-3-5-14(13)15(12)9-31-21-17-20(23-10-24-21)26(11-25-17)22-19(29)18(28)16(8-27)30-22/h2-7,10-11,16,18-19,22,27-29H,8-9H2,1H3/t16-,18-,19-,22-/m0/s1. The van der Waals surface area contributed by atoms with Gasteiger partial charge in [0.25, 0.3) is 0 Å². The van der Waals surface area contributed by atoms with Gasteiger partial charge in [-0.3, -0.25) is 4.57 Å². The Kier molecular flexibility index (Phi) is 5.37. The second-order valence-electron chi connectivity index (χ2n) is 7.60. The fourth-order valence-electron chi connectivity index (χ4n) is 4.01. The van der Waals surface area contributed by atoms with Gasteiger partial charge in [0.05, 0.1) is 12.9 Å². The van der Waals surface area contributed by atoms with E-state index < -0.39 is 24.5 Å². The van der Waals surface area contributed by atoms with Gasteiger partial charge in [-0.2, -0.15) is 0 Å². The summed E-state index contributed by atoms with van der Waals surface area (Å²) in [5, 5.41) is 32.9. The van der Waals surface area contributed by atoms with Gasteiger partial charge in [-0.05, 0) is 28.8 Å². The maximum atomic E-state index is 10.4. The summed E-state index contributed by atoms with van der Waals surface area (Å²) in [4.78, 5) is 13.2. The summed E-state index contributed by atoms with van der Waals surface area (Å²) in [7, 11) is 0. The first-order valence-electron chi connectivity index (χ1n) is 9.98. The first-order valence-corrected chi connectivity index (χ1v) is 11.0. The topological polar surface area (TPSA) is 114 Å². The molecule has 8 nitrogen and oxygen atoms in total. The van der Waals surface area contributed by atoms with E-state index in [-0.39, 0.29) is 6.61 Å². The lowest BCUT2D eigenvalue weighted by Gasteiger charge is -2.16. The molecule has 4 atom stereocenters. The molecule has 0 amide bonds. The van der Waals surface area contributed by atoms with Gasteiger partial charge < -0.3 is 20.1 Å². The summed E-state index contributed by atoms with van der Waals surface area (Å²) in [6.45, 7) is 1.72. The predicted octanol–water partition coefficient (Wildman–Crippen LogP) is 2.19. The van der Waals surface area contributed by atoms with Gasteiger partial charge in [0, 0.05) is 5.75 Å². The number of fused-ring (bicyclic) bond motifs is 2. The van der Waals surface area contributed by atoms with Crippen LogP contribution in [-0.4, -0.2) is 59.8 Å². The molecule has 3 N–H and O–H groups in total. The van der Waals surface area contributed by atoms with E-state index >= 15 is 0 Å². The molecule has 31 heavy (non-hydrogen) atoms. The number of aliphatic hydroxyl groups is 3. The van der Waals surface area contributed by atoms with Gasteiger partial charge in [0.15, 0.2) is 11.9 Å². The van der Waals surface area contributed by atoms with Gasteiger partial charge in [-0.15, -0.1) is 0 Å². The second-order valence-corrected chi connectivity index (χ2v) is 8.57. The van der Waals surface area contributed by atoms with Crippen molar-refractivity contribution in [2.45, 2.75) is 42.2 Å². The summed E-state index contributed by atoms with van der Waals surface area (Å²) in [5.41, 5.74) is 3.57. The van der Waals surface area contributed by atoms with Crippen LogP contribution in [0.3, 0.4) is 0 Å². The highest BCUT2D eigenvalue weighted by Gasteiger charge is 2.44. The van der Waals surface area contributed by atoms with Crippen molar-refractivity contribution in [2.24, 2.45) is 0 Å². The lowest BCUT2D eigenvalue weighted by Crippen LogP contribution is -2.33. The minimum absolute atomic E-state index is 0.387. The highest BCUT2D eigenvalue weighted by atomic mass is 32.2. The number of aromatic nitrogens is 4. The molecular weight excluding hydrogens is 416 g/mol. The van der Waals surface area contributed by atoms with E-state index in [2.05, 4.69) is 46.1 Å². The monoisotopic (exact) mass is 438 g/mol. The van der Waals surface area contributed by atoms with Gasteiger partial charge in [0.2, 0.25) is 0 Å². The molecule has 5 rings (SSSR count). The molecule has 1 saturated heterocycles. The number of thioether (sulfide) groups is 1. The largest absolute Gasteiger partial charge is 0.394 e. The Hall–Kier alpha value is -2.56. The molecule has 9 heteroatoms. The lowest BCUT2D eigenvalue weighted by atomic mass is 10.0. The third-order valence-corrected chi connectivity index (χ3v) is 6.75. The molecule has 0 bridgehead atoms. The molecule has 4 aromatic rings. The zero-order valence-electron chi connectivity index (χ0n) is 16.8. The third-order valence-electron chi connectivity index (χ3n) is 5.74. The number of rotatable bonds is 5. The van der Waals surface area contributed by atoms with E-state index in [1.165, 1.54) is 34.6 Å². The van der Waals surface area contributed by atoms with E-state index in [4.69, 9.17) is 4.74 Å². The number of aliphatic hydroxyl groups excluding tert-OH is 3. The van der Waals surface area contributed by atoms with Crippen molar-refractivity contribution in [1.29, 1.82) is 0 Å². The molecule has 1 fully saturated rings. The Bertz CT molecular complexity index is 1250. The highest BCUT2D eigenvalue weighted by Crippen LogP contribution is 2.34. The summed E-state index contributed by atoms with van der Waals surface area (Å²) in [6.07, 6.45) is -1.14. The van der Waals surface area contributed by atoms with Crippen molar-refractivity contribution in [2.75, 3.05) is 6.61 Å². The van der Waals surface area contributed by atoms with Crippen LogP contribution in [0.5, 0.6) is 0 Å². The molecule has 160 valence electrons. The number of aryl methyl sites for hydroxylation is 1. The summed E-state index contributed by atoms with van der Waals surface area (Å²) in [5.74, 6) is 0.722.